The van der Waals surface area contributed by atoms with E-state index in [1.807, 2.05) is 29.0 Å². The first-order chi connectivity index (χ1) is 12.5. The number of hydrogen-bond acceptors (Lipinski definition) is 5. The van der Waals surface area contributed by atoms with Crippen LogP contribution < -0.4 is 5.32 Å². The highest BCUT2D eigenvalue weighted by molar-refractivity contribution is 8.00. The Balaban J connectivity index is 1.76. The second kappa shape index (κ2) is 7.96. The van der Waals surface area contributed by atoms with Crippen molar-refractivity contribution in [2.24, 2.45) is 0 Å². The van der Waals surface area contributed by atoms with Crippen molar-refractivity contribution in [3.8, 4) is 10.7 Å². The van der Waals surface area contributed by atoms with Crippen LogP contribution in [0.2, 0.25) is 0 Å². The molecule has 3 rings (SSSR count). The first-order valence-corrected chi connectivity index (χ1v) is 9.65. The maximum absolute atomic E-state index is 13.7. The summed E-state index contributed by atoms with van der Waals surface area (Å²) in [6.45, 7) is 4.25. The minimum absolute atomic E-state index is 0.443. The van der Waals surface area contributed by atoms with Gasteiger partial charge in [-0.05, 0) is 37.4 Å². The Morgan fingerprint density at radius 2 is 2.00 bits per heavy atom. The van der Waals surface area contributed by atoms with Crippen molar-refractivity contribution in [1.82, 2.24) is 14.8 Å². The number of nitrogens with zero attached hydrogens (tertiary/aromatic N) is 3. The van der Waals surface area contributed by atoms with Crippen LogP contribution in [0.4, 0.5) is 14.5 Å². The third-order valence-corrected chi connectivity index (χ3v) is 5.58. The van der Waals surface area contributed by atoms with Crippen molar-refractivity contribution in [2.75, 3.05) is 5.32 Å². The highest BCUT2D eigenvalue weighted by Gasteiger charge is 2.22. The molecule has 1 aromatic carbocycles. The molecule has 0 saturated heterocycles. The summed E-state index contributed by atoms with van der Waals surface area (Å²) < 4.78 is 29.3. The van der Waals surface area contributed by atoms with Crippen LogP contribution in [0.1, 0.15) is 13.8 Å². The van der Waals surface area contributed by atoms with Crippen molar-refractivity contribution in [3.05, 3.63) is 47.3 Å². The second-order valence-electron chi connectivity index (χ2n) is 5.37. The molecule has 0 aliphatic heterocycles. The number of benzene rings is 1. The Morgan fingerprint density at radius 3 is 2.62 bits per heavy atom. The maximum Gasteiger partial charge on any atom is 0.237 e. The maximum atomic E-state index is 13.7. The van der Waals surface area contributed by atoms with Crippen molar-refractivity contribution >= 4 is 34.7 Å². The zero-order chi connectivity index (χ0) is 18.7. The van der Waals surface area contributed by atoms with E-state index in [9.17, 15) is 13.6 Å². The van der Waals surface area contributed by atoms with E-state index in [0.717, 1.165) is 22.8 Å². The topological polar surface area (TPSA) is 59.8 Å². The Bertz CT molecular complexity index is 891. The number of carbonyl (C=O) groups excluding carboxylic acids is 1. The normalized spacial score (nSPS) is 12.2. The van der Waals surface area contributed by atoms with Gasteiger partial charge in [-0.15, -0.1) is 21.5 Å². The van der Waals surface area contributed by atoms with Crippen LogP contribution in [0.5, 0.6) is 0 Å². The molecular formula is C17H16F2N4OS2. The molecule has 0 aliphatic rings. The first-order valence-electron chi connectivity index (χ1n) is 7.89. The molecule has 2 aromatic heterocycles. The number of aromatic nitrogens is 3. The van der Waals surface area contributed by atoms with Crippen LogP contribution in [0.25, 0.3) is 10.7 Å². The standard InChI is InChI=1S/C17H16F2N4OS2/c1-3-23-15(13-8-5-9-25-13)21-22-17(23)26-10(2)16(24)20-14-11(18)6-4-7-12(14)19/h4-10H,3H2,1-2H3,(H,20,24). The molecule has 26 heavy (non-hydrogen) atoms. The summed E-state index contributed by atoms with van der Waals surface area (Å²) >= 11 is 2.74. The predicted octanol–water partition coefficient (Wildman–Crippen LogP) is 4.42. The SMILES string of the molecule is CCn1c(SC(C)C(=O)Nc2c(F)cccc2F)nnc1-c1cccs1. The molecule has 0 radical (unpaired) electrons. The van der Waals surface area contributed by atoms with Gasteiger partial charge in [-0.25, -0.2) is 8.78 Å². The number of carbonyl (C=O) groups is 1. The number of para-hydroxylation sites is 1. The lowest BCUT2D eigenvalue weighted by molar-refractivity contribution is -0.115. The molecule has 0 saturated carbocycles. The third-order valence-electron chi connectivity index (χ3n) is 3.64. The molecular weight excluding hydrogens is 378 g/mol. The van der Waals surface area contributed by atoms with E-state index in [1.54, 1.807) is 18.3 Å². The van der Waals surface area contributed by atoms with Crippen LogP contribution in [-0.4, -0.2) is 25.9 Å². The molecule has 0 spiro atoms. The van der Waals surface area contributed by atoms with Crippen molar-refractivity contribution < 1.29 is 13.6 Å². The lowest BCUT2D eigenvalue weighted by atomic mass is 10.3. The van der Waals surface area contributed by atoms with Crippen molar-refractivity contribution in [2.45, 2.75) is 30.8 Å². The fourth-order valence-corrected chi connectivity index (χ4v) is 3.93. The number of hydrogen-bond donors (Lipinski definition) is 1. The number of thioether (sulfide) groups is 1. The van der Waals surface area contributed by atoms with Gasteiger partial charge in [-0.2, -0.15) is 0 Å². The average Bonchev–Trinajstić information content (AvgIpc) is 3.27. The molecule has 9 heteroatoms. The first kappa shape index (κ1) is 18.5. The van der Waals surface area contributed by atoms with Gasteiger partial charge in [0.15, 0.2) is 11.0 Å². The smallest absolute Gasteiger partial charge is 0.237 e. The van der Waals surface area contributed by atoms with Crippen LogP contribution >= 0.6 is 23.1 Å². The summed E-state index contributed by atoms with van der Waals surface area (Å²) in [4.78, 5) is 13.3. The number of halogens is 2. The molecule has 1 atom stereocenters. The van der Waals surface area contributed by atoms with Crippen LogP contribution in [0.3, 0.4) is 0 Å². The summed E-state index contributed by atoms with van der Waals surface area (Å²) in [6.07, 6.45) is 0. The summed E-state index contributed by atoms with van der Waals surface area (Å²) in [5.74, 6) is -1.40. The highest BCUT2D eigenvalue weighted by Crippen LogP contribution is 2.29. The van der Waals surface area contributed by atoms with E-state index in [2.05, 4.69) is 15.5 Å². The second-order valence-corrected chi connectivity index (χ2v) is 7.63. The summed E-state index contributed by atoms with van der Waals surface area (Å²) in [6, 6.07) is 7.32. The number of thiophene rings is 1. The molecule has 0 bridgehead atoms. The molecule has 3 aromatic rings. The van der Waals surface area contributed by atoms with E-state index < -0.39 is 28.5 Å². The van der Waals surface area contributed by atoms with Gasteiger partial charge < -0.3 is 9.88 Å². The summed E-state index contributed by atoms with van der Waals surface area (Å²) in [7, 11) is 0. The molecule has 2 heterocycles. The zero-order valence-electron chi connectivity index (χ0n) is 14.1. The van der Waals surface area contributed by atoms with Crippen LogP contribution in [0, 0.1) is 11.6 Å². The summed E-state index contributed by atoms with van der Waals surface area (Å²) in [5.41, 5.74) is -0.443. The van der Waals surface area contributed by atoms with Gasteiger partial charge in [0.05, 0.1) is 10.1 Å². The van der Waals surface area contributed by atoms with Gasteiger partial charge in [0.2, 0.25) is 5.91 Å². The van der Waals surface area contributed by atoms with E-state index in [-0.39, 0.29) is 0 Å². The van der Waals surface area contributed by atoms with Gasteiger partial charge in [0, 0.05) is 6.54 Å². The van der Waals surface area contributed by atoms with Crippen molar-refractivity contribution in [3.63, 3.8) is 0 Å². The van der Waals surface area contributed by atoms with E-state index in [1.165, 1.54) is 17.8 Å². The fourth-order valence-electron chi connectivity index (χ4n) is 2.30. The Hall–Kier alpha value is -2.26. The zero-order valence-corrected chi connectivity index (χ0v) is 15.7. The largest absolute Gasteiger partial charge is 0.320 e. The highest BCUT2D eigenvalue weighted by atomic mass is 32.2. The lowest BCUT2D eigenvalue weighted by Gasteiger charge is -2.13. The minimum Gasteiger partial charge on any atom is -0.320 e. The molecule has 5 nitrogen and oxygen atoms in total. The summed E-state index contributed by atoms with van der Waals surface area (Å²) in [5, 5.41) is 12.6. The van der Waals surface area contributed by atoms with Gasteiger partial charge in [0.1, 0.15) is 17.3 Å². The molecule has 0 fully saturated rings. The van der Waals surface area contributed by atoms with Gasteiger partial charge >= 0.3 is 0 Å². The monoisotopic (exact) mass is 394 g/mol. The Kier molecular flexibility index (Phi) is 5.67. The molecule has 1 N–H and O–H groups in total. The van der Waals surface area contributed by atoms with Crippen LogP contribution in [0.15, 0.2) is 40.9 Å². The lowest BCUT2D eigenvalue weighted by Crippen LogP contribution is -2.24. The number of amides is 1. The van der Waals surface area contributed by atoms with E-state index in [0.29, 0.717) is 11.7 Å². The van der Waals surface area contributed by atoms with Gasteiger partial charge in [0.25, 0.3) is 0 Å². The van der Waals surface area contributed by atoms with E-state index >= 15 is 0 Å². The molecule has 1 amide bonds. The predicted molar refractivity (Wildman–Crippen MR) is 99.3 cm³/mol. The van der Waals surface area contributed by atoms with Gasteiger partial charge in [-0.1, -0.05) is 23.9 Å². The number of anilines is 1. The Labute approximate surface area is 157 Å². The number of nitrogens with one attached hydrogen (secondary N) is 1. The Morgan fingerprint density at radius 1 is 1.27 bits per heavy atom. The third kappa shape index (κ3) is 3.78. The van der Waals surface area contributed by atoms with E-state index in [4.69, 9.17) is 0 Å². The molecule has 136 valence electrons. The number of rotatable bonds is 6. The van der Waals surface area contributed by atoms with Crippen molar-refractivity contribution in [1.29, 1.82) is 0 Å². The average molecular weight is 394 g/mol. The minimum atomic E-state index is -0.813. The van der Waals surface area contributed by atoms with Crippen LogP contribution in [-0.2, 0) is 11.3 Å². The quantitative estimate of drug-likeness (QED) is 0.629. The molecule has 1 unspecified atom stereocenters. The van der Waals surface area contributed by atoms with Gasteiger partial charge in [-0.3, -0.25) is 4.79 Å². The molecule has 0 aliphatic carbocycles. The fraction of sp³-hybridized carbons (Fsp3) is 0.235.